The summed E-state index contributed by atoms with van der Waals surface area (Å²) >= 11 is 0. The summed E-state index contributed by atoms with van der Waals surface area (Å²) in [5.41, 5.74) is 3.18. The maximum atomic E-state index is 13.1. The van der Waals surface area contributed by atoms with Crippen LogP contribution in [0.25, 0.3) is 22.2 Å². The SMILES string of the molecule is CCOc1ccccc1NC(=O)Cn1cc(-c2ccccc2)c2ncn(CC)c(=O)c21. The molecule has 0 aliphatic carbocycles. The van der Waals surface area contributed by atoms with Gasteiger partial charge < -0.3 is 14.6 Å². The van der Waals surface area contributed by atoms with Gasteiger partial charge >= 0.3 is 0 Å². The van der Waals surface area contributed by atoms with Crippen molar-refractivity contribution in [2.75, 3.05) is 11.9 Å². The molecule has 1 N–H and O–H groups in total. The number of ether oxygens (including phenoxy) is 1. The minimum absolute atomic E-state index is 0.0194. The normalized spacial score (nSPS) is 10.9. The number of para-hydroxylation sites is 2. The lowest BCUT2D eigenvalue weighted by molar-refractivity contribution is -0.116. The van der Waals surface area contributed by atoms with Crippen molar-refractivity contribution in [2.45, 2.75) is 26.9 Å². The zero-order chi connectivity index (χ0) is 21.8. The Morgan fingerprint density at radius 1 is 1.03 bits per heavy atom. The highest BCUT2D eigenvalue weighted by molar-refractivity contribution is 5.96. The van der Waals surface area contributed by atoms with Crippen molar-refractivity contribution in [3.8, 4) is 16.9 Å². The summed E-state index contributed by atoms with van der Waals surface area (Å²) in [4.78, 5) is 30.5. The molecule has 2 aromatic carbocycles. The lowest BCUT2D eigenvalue weighted by atomic mass is 10.1. The number of aromatic nitrogens is 3. The number of amides is 1. The van der Waals surface area contributed by atoms with Crippen LogP contribution in [0.5, 0.6) is 5.75 Å². The molecule has 158 valence electrons. The molecule has 0 saturated carbocycles. The fourth-order valence-electron chi connectivity index (χ4n) is 3.59. The Hall–Kier alpha value is -3.87. The van der Waals surface area contributed by atoms with E-state index in [1.165, 1.54) is 4.57 Å². The van der Waals surface area contributed by atoms with E-state index in [4.69, 9.17) is 4.74 Å². The molecule has 2 heterocycles. The Bertz CT molecular complexity index is 1280. The highest BCUT2D eigenvalue weighted by Crippen LogP contribution is 2.28. The molecule has 4 aromatic rings. The highest BCUT2D eigenvalue weighted by Gasteiger charge is 2.18. The zero-order valence-electron chi connectivity index (χ0n) is 17.5. The minimum atomic E-state index is -0.255. The first-order valence-corrected chi connectivity index (χ1v) is 10.3. The number of fused-ring (bicyclic) bond motifs is 1. The predicted molar refractivity (Wildman–Crippen MR) is 121 cm³/mol. The molecule has 0 fully saturated rings. The number of anilines is 1. The average Bonchev–Trinajstić information content (AvgIpc) is 3.15. The van der Waals surface area contributed by atoms with Gasteiger partial charge in [-0.1, -0.05) is 42.5 Å². The summed E-state index contributed by atoms with van der Waals surface area (Å²) in [5, 5.41) is 2.89. The van der Waals surface area contributed by atoms with E-state index >= 15 is 0 Å². The molecule has 7 nitrogen and oxygen atoms in total. The Morgan fingerprint density at radius 2 is 1.77 bits per heavy atom. The second-order valence-electron chi connectivity index (χ2n) is 7.05. The van der Waals surface area contributed by atoms with Crippen LogP contribution in [-0.2, 0) is 17.9 Å². The van der Waals surface area contributed by atoms with Gasteiger partial charge in [0.2, 0.25) is 5.91 Å². The standard InChI is InChI=1S/C24H24N4O3/c1-3-27-16-25-22-18(17-10-6-5-7-11-17)14-28(23(22)24(27)30)15-21(29)26-19-12-8-9-13-20(19)31-4-2/h5-14,16H,3-4,15H2,1-2H3,(H,26,29). The monoisotopic (exact) mass is 416 g/mol. The van der Waals surface area contributed by atoms with Gasteiger partial charge in [-0.15, -0.1) is 0 Å². The largest absolute Gasteiger partial charge is 0.492 e. The van der Waals surface area contributed by atoms with Crippen LogP contribution >= 0.6 is 0 Å². The van der Waals surface area contributed by atoms with Gasteiger partial charge in [0.15, 0.2) is 0 Å². The summed E-state index contributed by atoms with van der Waals surface area (Å²) in [6.45, 7) is 4.76. The van der Waals surface area contributed by atoms with Crippen molar-refractivity contribution in [3.63, 3.8) is 0 Å². The number of carbonyl (C=O) groups is 1. The van der Waals surface area contributed by atoms with Crippen LogP contribution in [0.3, 0.4) is 0 Å². The van der Waals surface area contributed by atoms with Crippen molar-refractivity contribution < 1.29 is 9.53 Å². The molecule has 0 atom stereocenters. The molecule has 4 rings (SSSR count). The van der Waals surface area contributed by atoms with Gasteiger partial charge in [-0.2, -0.15) is 0 Å². The van der Waals surface area contributed by atoms with Crippen LogP contribution < -0.4 is 15.6 Å². The Labute approximate surface area is 179 Å². The molecule has 0 bridgehead atoms. The van der Waals surface area contributed by atoms with Crippen molar-refractivity contribution in [3.05, 3.63) is 77.5 Å². The van der Waals surface area contributed by atoms with E-state index < -0.39 is 0 Å². The summed E-state index contributed by atoms with van der Waals surface area (Å²) in [7, 11) is 0. The van der Waals surface area contributed by atoms with Crippen LogP contribution in [0.15, 0.2) is 71.9 Å². The van der Waals surface area contributed by atoms with E-state index in [9.17, 15) is 9.59 Å². The third-order valence-electron chi connectivity index (χ3n) is 5.04. The molecule has 0 spiro atoms. The number of nitrogens with zero attached hydrogens (tertiary/aromatic N) is 3. The molecule has 0 unspecified atom stereocenters. The molecule has 0 aliphatic heterocycles. The average molecular weight is 416 g/mol. The first kappa shape index (κ1) is 20.4. The number of benzene rings is 2. The third-order valence-corrected chi connectivity index (χ3v) is 5.04. The first-order valence-electron chi connectivity index (χ1n) is 10.3. The van der Waals surface area contributed by atoms with Crippen molar-refractivity contribution in [1.29, 1.82) is 0 Å². The van der Waals surface area contributed by atoms with Crippen LogP contribution in [0, 0.1) is 0 Å². The highest BCUT2D eigenvalue weighted by atomic mass is 16.5. The number of aryl methyl sites for hydroxylation is 1. The van der Waals surface area contributed by atoms with Crippen LogP contribution in [-0.4, -0.2) is 26.6 Å². The van der Waals surface area contributed by atoms with E-state index in [-0.39, 0.29) is 18.0 Å². The second-order valence-corrected chi connectivity index (χ2v) is 7.05. The number of carbonyl (C=O) groups excluding carboxylic acids is 1. The van der Waals surface area contributed by atoms with Crippen molar-refractivity contribution >= 4 is 22.6 Å². The summed E-state index contributed by atoms with van der Waals surface area (Å²) in [5.74, 6) is 0.352. The summed E-state index contributed by atoms with van der Waals surface area (Å²) in [6, 6.07) is 17.0. The van der Waals surface area contributed by atoms with Crippen molar-refractivity contribution in [2.24, 2.45) is 0 Å². The zero-order valence-corrected chi connectivity index (χ0v) is 17.5. The molecular weight excluding hydrogens is 392 g/mol. The predicted octanol–water partition coefficient (Wildman–Crippen LogP) is 3.92. The van der Waals surface area contributed by atoms with E-state index in [1.807, 2.05) is 68.6 Å². The van der Waals surface area contributed by atoms with Crippen LogP contribution in [0.2, 0.25) is 0 Å². The fourth-order valence-corrected chi connectivity index (χ4v) is 3.59. The molecule has 31 heavy (non-hydrogen) atoms. The second kappa shape index (κ2) is 8.87. The van der Waals surface area contributed by atoms with Gasteiger partial charge in [0.25, 0.3) is 5.56 Å². The van der Waals surface area contributed by atoms with Gasteiger partial charge in [0, 0.05) is 18.3 Å². The van der Waals surface area contributed by atoms with Crippen LogP contribution in [0.1, 0.15) is 13.8 Å². The lowest BCUT2D eigenvalue weighted by Crippen LogP contribution is -2.24. The Kier molecular flexibility index (Phi) is 5.84. The Balaban J connectivity index is 1.73. The maximum absolute atomic E-state index is 13.1. The minimum Gasteiger partial charge on any atom is -0.492 e. The molecule has 7 heteroatoms. The quantitative estimate of drug-likeness (QED) is 0.495. The van der Waals surface area contributed by atoms with Gasteiger partial charge in [-0.3, -0.25) is 14.2 Å². The van der Waals surface area contributed by atoms with E-state index in [0.717, 1.165) is 11.1 Å². The summed E-state index contributed by atoms with van der Waals surface area (Å²) < 4.78 is 8.80. The fraction of sp³-hybridized carbons (Fsp3) is 0.208. The van der Waals surface area contributed by atoms with Gasteiger partial charge in [-0.05, 0) is 31.5 Å². The van der Waals surface area contributed by atoms with E-state index in [1.54, 1.807) is 17.0 Å². The number of hydrogen-bond acceptors (Lipinski definition) is 4. The topological polar surface area (TPSA) is 78.2 Å². The molecule has 0 aliphatic rings. The Morgan fingerprint density at radius 3 is 2.52 bits per heavy atom. The van der Waals surface area contributed by atoms with Crippen LogP contribution in [0.4, 0.5) is 5.69 Å². The molecule has 1 amide bonds. The van der Waals surface area contributed by atoms with Gasteiger partial charge in [0.1, 0.15) is 23.3 Å². The molecular formula is C24H24N4O3. The number of rotatable bonds is 7. The lowest BCUT2D eigenvalue weighted by Gasteiger charge is -2.12. The molecule has 0 saturated heterocycles. The maximum Gasteiger partial charge on any atom is 0.277 e. The summed E-state index contributed by atoms with van der Waals surface area (Å²) in [6.07, 6.45) is 3.38. The van der Waals surface area contributed by atoms with E-state index in [2.05, 4.69) is 10.3 Å². The third kappa shape index (κ3) is 4.07. The van der Waals surface area contributed by atoms with E-state index in [0.29, 0.717) is 35.6 Å². The van der Waals surface area contributed by atoms with Gasteiger partial charge in [0.05, 0.1) is 18.6 Å². The smallest absolute Gasteiger partial charge is 0.277 e. The molecule has 2 aromatic heterocycles. The van der Waals surface area contributed by atoms with Crippen molar-refractivity contribution in [1.82, 2.24) is 14.1 Å². The number of nitrogens with one attached hydrogen (secondary N) is 1. The van der Waals surface area contributed by atoms with Gasteiger partial charge in [-0.25, -0.2) is 4.98 Å². The molecule has 0 radical (unpaired) electrons. The first-order chi connectivity index (χ1) is 15.1. The number of hydrogen-bond donors (Lipinski definition) is 1.